The van der Waals surface area contributed by atoms with E-state index in [1.54, 1.807) is 6.92 Å². The van der Waals surface area contributed by atoms with E-state index in [1.807, 2.05) is 78.9 Å². The van der Waals surface area contributed by atoms with Gasteiger partial charge in [0.1, 0.15) is 25.7 Å². The van der Waals surface area contributed by atoms with E-state index in [4.69, 9.17) is 28.8 Å². The Morgan fingerprint density at radius 2 is 1.24 bits per heavy atom. The second kappa shape index (κ2) is 18.2. The summed E-state index contributed by atoms with van der Waals surface area (Å²) in [5, 5.41) is 15.5. The first-order chi connectivity index (χ1) is 18.7. The van der Waals surface area contributed by atoms with Gasteiger partial charge in [0.15, 0.2) is 11.5 Å². The van der Waals surface area contributed by atoms with Gasteiger partial charge in [0.05, 0.1) is 32.5 Å². The third kappa shape index (κ3) is 12.4. The molecule has 3 N–H and O–H groups in total. The van der Waals surface area contributed by atoms with Crippen molar-refractivity contribution in [3.05, 3.63) is 90.0 Å². The van der Waals surface area contributed by atoms with Crippen LogP contribution in [0.2, 0.25) is 0 Å². The molecule has 0 spiro atoms. The standard InChI is InChI=1S/C30H40N2O6/c1-25(33)21-31-14-16-34-18-19-35-17-15-32-24-38-28-12-13-29(36-22-26-8-4-2-5-9-26)30(20-28)37-23-27-10-6-3-7-11-27/h2-13,20,25,31-33H,14-19,21-24H2,1H3. The van der Waals surface area contributed by atoms with Crippen LogP contribution in [0.15, 0.2) is 78.9 Å². The number of hydrogen-bond donors (Lipinski definition) is 3. The Morgan fingerprint density at radius 1 is 0.658 bits per heavy atom. The minimum absolute atomic E-state index is 0.344. The zero-order chi connectivity index (χ0) is 26.7. The van der Waals surface area contributed by atoms with E-state index >= 15 is 0 Å². The highest BCUT2D eigenvalue weighted by Crippen LogP contribution is 2.33. The van der Waals surface area contributed by atoms with Crippen molar-refractivity contribution in [1.82, 2.24) is 10.6 Å². The molecule has 3 aromatic carbocycles. The molecule has 0 amide bonds. The van der Waals surface area contributed by atoms with Gasteiger partial charge < -0.3 is 34.1 Å². The summed E-state index contributed by atoms with van der Waals surface area (Å²) < 4.78 is 29.1. The van der Waals surface area contributed by atoms with Gasteiger partial charge in [-0.1, -0.05) is 60.7 Å². The highest BCUT2D eigenvalue weighted by molar-refractivity contribution is 5.46. The lowest BCUT2D eigenvalue weighted by Crippen LogP contribution is -2.28. The number of rotatable bonds is 20. The normalized spacial score (nSPS) is 11.7. The molecule has 206 valence electrons. The van der Waals surface area contributed by atoms with Gasteiger partial charge in [-0.05, 0) is 30.2 Å². The van der Waals surface area contributed by atoms with Gasteiger partial charge in [0.2, 0.25) is 0 Å². The van der Waals surface area contributed by atoms with Crippen LogP contribution in [-0.2, 0) is 22.7 Å². The quantitative estimate of drug-likeness (QED) is 0.152. The van der Waals surface area contributed by atoms with Gasteiger partial charge in [0.25, 0.3) is 0 Å². The summed E-state index contributed by atoms with van der Waals surface area (Å²) >= 11 is 0. The van der Waals surface area contributed by atoms with E-state index in [1.165, 1.54) is 0 Å². The zero-order valence-corrected chi connectivity index (χ0v) is 22.1. The summed E-state index contributed by atoms with van der Waals surface area (Å²) in [5.74, 6) is 1.98. The van der Waals surface area contributed by atoms with Gasteiger partial charge in [0, 0.05) is 25.7 Å². The Kier molecular flexibility index (Phi) is 14.1. The van der Waals surface area contributed by atoms with Crippen LogP contribution >= 0.6 is 0 Å². The Balaban J connectivity index is 1.36. The van der Waals surface area contributed by atoms with E-state index < -0.39 is 0 Å². The molecule has 0 aliphatic heterocycles. The molecular weight excluding hydrogens is 484 g/mol. The summed E-state index contributed by atoms with van der Waals surface area (Å²) in [4.78, 5) is 0. The Hall–Kier alpha value is -3.14. The van der Waals surface area contributed by atoms with Crippen molar-refractivity contribution >= 4 is 0 Å². The molecule has 3 aromatic rings. The van der Waals surface area contributed by atoms with Crippen LogP contribution in [0.4, 0.5) is 0 Å². The summed E-state index contributed by atoms with van der Waals surface area (Å²) in [6.45, 7) is 7.15. The van der Waals surface area contributed by atoms with Crippen LogP contribution < -0.4 is 24.8 Å². The Bertz CT molecular complexity index is 1000. The van der Waals surface area contributed by atoms with Crippen molar-refractivity contribution < 1.29 is 28.8 Å². The molecular formula is C30H40N2O6. The van der Waals surface area contributed by atoms with E-state index in [0.717, 1.165) is 11.1 Å². The number of ether oxygens (including phenoxy) is 5. The molecule has 1 atom stereocenters. The second-order valence-corrected chi connectivity index (χ2v) is 8.72. The molecule has 0 aromatic heterocycles. The van der Waals surface area contributed by atoms with Gasteiger partial charge in [-0.3, -0.25) is 5.32 Å². The molecule has 1 unspecified atom stereocenters. The molecule has 0 saturated carbocycles. The smallest absolute Gasteiger partial charge is 0.165 e. The fourth-order valence-electron chi connectivity index (χ4n) is 3.41. The molecule has 8 nitrogen and oxygen atoms in total. The first-order valence-electron chi connectivity index (χ1n) is 13.1. The number of hydrogen-bond acceptors (Lipinski definition) is 8. The van der Waals surface area contributed by atoms with Crippen LogP contribution in [0.25, 0.3) is 0 Å². The molecule has 3 rings (SSSR count). The molecule has 0 aliphatic rings. The monoisotopic (exact) mass is 524 g/mol. The van der Waals surface area contributed by atoms with E-state index in [0.29, 0.717) is 83.3 Å². The SMILES string of the molecule is CC(O)CNCCOCCOCCNCOc1ccc(OCc2ccccc2)c(OCc2ccccc2)c1. The van der Waals surface area contributed by atoms with Crippen molar-refractivity contribution in [2.45, 2.75) is 26.2 Å². The van der Waals surface area contributed by atoms with Crippen LogP contribution in [0.5, 0.6) is 17.2 Å². The van der Waals surface area contributed by atoms with Gasteiger partial charge >= 0.3 is 0 Å². The van der Waals surface area contributed by atoms with Crippen LogP contribution in [0.3, 0.4) is 0 Å². The lowest BCUT2D eigenvalue weighted by atomic mass is 10.2. The van der Waals surface area contributed by atoms with Crippen molar-refractivity contribution in [3.63, 3.8) is 0 Å². The van der Waals surface area contributed by atoms with Crippen molar-refractivity contribution in [2.24, 2.45) is 0 Å². The summed E-state index contributed by atoms with van der Waals surface area (Å²) in [7, 11) is 0. The topological polar surface area (TPSA) is 90.4 Å². The predicted molar refractivity (Wildman–Crippen MR) is 148 cm³/mol. The number of benzene rings is 3. The highest BCUT2D eigenvalue weighted by Gasteiger charge is 2.09. The van der Waals surface area contributed by atoms with Crippen molar-refractivity contribution in [1.29, 1.82) is 0 Å². The maximum atomic E-state index is 9.17. The molecule has 0 saturated heterocycles. The van der Waals surface area contributed by atoms with E-state index in [-0.39, 0.29) is 6.10 Å². The maximum absolute atomic E-state index is 9.17. The van der Waals surface area contributed by atoms with E-state index in [2.05, 4.69) is 10.6 Å². The minimum atomic E-state index is -0.344. The van der Waals surface area contributed by atoms with Crippen LogP contribution in [-0.4, -0.2) is 64.0 Å². The maximum Gasteiger partial charge on any atom is 0.165 e. The number of aliphatic hydroxyl groups is 1. The lowest BCUT2D eigenvalue weighted by molar-refractivity contribution is 0.0480. The molecule has 0 aliphatic carbocycles. The second-order valence-electron chi connectivity index (χ2n) is 8.72. The van der Waals surface area contributed by atoms with Crippen molar-refractivity contribution in [3.8, 4) is 17.2 Å². The summed E-state index contributed by atoms with van der Waals surface area (Å²) in [5.41, 5.74) is 2.16. The third-order valence-corrected chi connectivity index (χ3v) is 5.39. The third-order valence-electron chi connectivity index (χ3n) is 5.39. The number of nitrogens with one attached hydrogen (secondary N) is 2. The lowest BCUT2D eigenvalue weighted by Gasteiger charge is -2.15. The first kappa shape index (κ1) is 29.4. The fraction of sp³-hybridized carbons (Fsp3) is 0.400. The van der Waals surface area contributed by atoms with Crippen molar-refractivity contribution in [2.75, 3.05) is 52.8 Å². The Morgan fingerprint density at radius 3 is 1.84 bits per heavy atom. The zero-order valence-electron chi connectivity index (χ0n) is 22.1. The molecule has 0 fully saturated rings. The van der Waals surface area contributed by atoms with Crippen LogP contribution in [0, 0.1) is 0 Å². The predicted octanol–water partition coefficient (Wildman–Crippen LogP) is 3.77. The Labute approximate surface area is 225 Å². The molecule has 0 bridgehead atoms. The number of aliphatic hydroxyl groups excluding tert-OH is 1. The average molecular weight is 525 g/mol. The van der Waals surface area contributed by atoms with Crippen LogP contribution in [0.1, 0.15) is 18.1 Å². The fourth-order valence-corrected chi connectivity index (χ4v) is 3.41. The summed E-state index contributed by atoms with van der Waals surface area (Å²) in [6.07, 6.45) is -0.344. The molecule has 8 heteroatoms. The van der Waals surface area contributed by atoms with E-state index in [9.17, 15) is 0 Å². The average Bonchev–Trinajstić information content (AvgIpc) is 2.94. The minimum Gasteiger partial charge on any atom is -0.485 e. The van der Waals surface area contributed by atoms with Gasteiger partial charge in [-0.25, -0.2) is 0 Å². The van der Waals surface area contributed by atoms with Gasteiger partial charge in [-0.15, -0.1) is 0 Å². The van der Waals surface area contributed by atoms with Gasteiger partial charge in [-0.2, -0.15) is 0 Å². The molecule has 0 heterocycles. The molecule has 38 heavy (non-hydrogen) atoms. The highest BCUT2D eigenvalue weighted by atomic mass is 16.5. The largest absolute Gasteiger partial charge is 0.485 e. The molecule has 0 radical (unpaired) electrons. The first-order valence-corrected chi connectivity index (χ1v) is 13.1. The summed E-state index contributed by atoms with van der Waals surface area (Å²) in [6, 6.07) is 25.7.